The summed E-state index contributed by atoms with van der Waals surface area (Å²) in [5.41, 5.74) is 4.53. The summed E-state index contributed by atoms with van der Waals surface area (Å²) in [6.45, 7) is 4.59. The molecular weight excluding hydrogens is 440 g/mol. The molecule has 1 fully saturated rings. The predicted molar refractivity (Wildman–Crippen MR) is 137 cm³/mol. The lowest BCUT2D eigenvalue weighted by Gasteiger charge is -2.37. The number of aromatic nitrogens is 2. The number of ether oxygens (including phenoxy) is 2. The molecule has 1 aromatic heterocycles. The molecule has 7 nitrogen and oxygen atoms in total. The topological polar surface area (TPSA) is 67.8 Å². The number of methoxy groups -OCH3 is 1. The summed E-state index contributed by atoms with van der Waals surface area (Å²) in [6, 6.07) is 23.4. The van der Waals surface area contributed by atoms with E-state index in [9.17, 15) is 4.79 Å². The van der Waals surface area contributed by atoms with Crippen molar-refractivity contribution in [1.82, 2.24) is 14.9 Å². The minimum atomic E-state index is -0.570. The van der Waals surface area contributed by atoms with Crippen LogP contribution in [0.5, 0.6) is 11.5 Å². The van der Waals surface area contributed by atoms with Gasteiger partial charge in [0.05, 0.1) is 35.7 Å². The Morgan fingerprint density at radius 3 is 2.31 bits per heavy atom. The highest BCUT2D eigenvalue weighted by Crippen LogP contribution is 2.28. The molecule has 4 aromatic rings. The number of piperazine rings is 1. The van der Waals surface area contributed by atoms with Crippen molar-refractivity contribution in [3.05, 3.63) is 79.0 Å². The number of rotatable bonds is 6. The van der Waals surface area contributed by atoms with Crippen LogP contribution in [0.2, 0.25) is 0 Å². The maximum Gasteiger partial charge on any atom is 0.263 e. The summed E-state index contributed by atoms with van der Waals surface area (Å²) in [4.78, 5) is 26.3. The first kappa shape index (κ1) is 22.7. The lowest BCUT2D eigenvalue weighted by Crippen LogP contribution is -2.52. The van der Waals surface area contributed by atoms with E-state index in [0.29, 0.717) is 18.8 Å². The number of anilines is 1. The Morgan fingerprint density at radius 2 is 1.57 bits per heavy atom. The third-order valence-corrected chi connectivity index (χ3v) is 6.28. The quantitative estimate of drug-likeness (QED) is 0.417. The molecule has 2 heterocycles. The number of fused-ring (bicyclic) bond motifs is 1. The van der Waals surface area contributed by atoms with Crippen LogP contribution >= 0.6 is 0 Å². The van der Waals surface area contributed by atoms with Crippen molar-refractivity contribution in [2.24, 2.45) is 0 Å². The highest BCUT2D eigenvalue weighted by molar-refractivity contribution is 5.81. The largest absolute Gasteiger partial charge is 0.495 e. The molecule has 0 unspecified atom stereocenters. The van der Waals surface area contributed by atoms with Gasteiger partial charge in [0.1, 0.15) is 11.5 Å². The van der Waals surface area contributed by atoms with E-state index in [1.54, 1.807) is 20.2 Å². The molecule has 0 aliphatic carbocycles. The number of hydrogen-bond donors (Lipinski definition) is 0. The molecule has 0 saturated carbocycles. The van der Waals surface area contributed by atoms with Gasteiger partial charge in [-0.3, -0.25) is 9.78 Å². The SMILES string of the molecule is COc1ccccc1N1CCN(C(=O)[C@H](C)Oc2ccc(-c3cnc4ccccc4n3)cc2)CC1. The maximum atomic E-state index is 13.0. The molecule has 3 aromatic carbocycles. The van der Waals surface area contributed by atoms with Gasteiger partial charge in [-0.15, -0.1) is 0 Å². The third-order valence-electron chi connectivity index (χ3n) is 6.28. The average Bonchev–Trinajstić information content (AvgIpc) is 2.93. The predicted octanol–water partition coefficient (Wildman–Crippen LogP) is 4.42. The fraction of sp³-hybridized carbons (Fsp3) is 0.250. The zero-order valence-corrected chi connectivity index (χ0v) is 19.9. The fourth-order valence-electron chi connectivity index (χ4n) is 4.37. The number of carbonyl (C=O) groups excluding carboxylic acids is 1. The minimum Gasteiger partial charge on any atom is -0.495 e. The van der Waals surface area contributed by atoms with E-state index in [2.05, 4.69) is 20.9 Å². The van der Waals surface area contributed by atoms with Crippen molar-refractivity contribution >= 4 is 22.6 Å². The second kappa shape index (κ2) is 10.0. The molecule has 1 saturated heterocycles. The fourth-order valence-corrected chi connectivity index (χ4v) is 4.37. The zero-order valence-electron chi connectivity index (χ0n) is 19.9. The van der Waals surface area contributed by atoms with E-state index in [1.165, 1.54) is 0 Å². The van der Waals surface area contributed by atoms with E-state index in [4.69, 9.17) is 9.47 Å². The lowest BCUT2D eigenvalue weighted by molar-refractivity contribution is -0.138. The van der Waals surface area contributed by atoms with E-state index in [1.807, 2.05) is 71.6 Å². The highest BCUT2D eigenvalue weighted by atomic mass is 16.5. The molecule has 7 heteroatoms. The molecule has 0 radical (unpaired) electrons. The van der Waals surface area contributed by atoms with Crippen LogP contribution in [-0.2, 0) is 4.79 Å². The Bertz CT molecular complexity index is 1320. The molecule has 0 bridgehead atoms. The van der Waals surface area contributed by atoms with Crippen molar-refractivity contribution in [1.29, 1.82) is 0 Å². The van der Waals surface area contributed by atoms with Crippen LogP contribution in [0.15, 0.2) is 79.0 Å². The van der Waals surface area contributed by atoms with Gasteiger partial charge in [-0.2, -0.15) is 0 Å². The zero-order chi connectivity index (χ0) is 24.2. The number of amides is 1. The van der Waals surface area contributed by atoms with Gasteiger partial charge in [0.25, 0.3) is 5.91 Å². The van der Waals surface area contributed by atoms with Crippen molar-refractivity contribution < 1.29 is 14.3 Å². The summed E-state index contributed by atoms with van der Waals surface area (Å²) < 4.78 is 11.5. The van der Waals surface area contributed by atoms with Crippen molar-refractivity contribution in [3.63, 3.8) is 0 Å². The van der Waals surface area contributed by atoms with Crippen molar-refractivity contribution in [2.75, 3.05) is 38.2 Å². The normalized spacial score (nSPS) is 14.6. The Hall–Kier alpha value is -4.13. The van der Waals surface area contributed by atoms with Gasteiger partial charge in [-0.25, -0.2) is 4.98 Å². The first-order valence-corrected chi connectivity index (χ1v) is 11.8. The van der Waals surface area contributed by atoms with Gasteiger partial charge in [-0.1, -0.05) is 24.3 Å². The van der Waals surface area contributed by atoms with Crippen LogP contribution in [0.3, 0.4) is 0 Å². The van der Waals surface area contributed by atoms with Gasteiger partial charge in [0.2, 0.25) is 0 Å². The maximum absolute atomic E-state index is 13.0. The van der Waals surface area contributed by atoms with E-state index in [0.717, 1.165) is 46.8 Å². The number of hydrogen-bond acceptors (Lipinski definition) is 6. The van der Waals surface area contributed by atoms with Crippen LogP contribution in [-0.4, -0.2) is 60.2 Å². The molecule has 1 aliphatic rings. The van der Waals surface area contributed by atoms with Gasteiger partial charge in [-0.05, 0) is 55.5 Å². The second-order valence-electron chi connectivity index (χ2n) is 8.51. The van der Waals surface area contributed by atoms with E-state index >= 15 is 0 Å². The molecule has 1 amide bonds. The second-order valence-corrected chi connectivity index (χ2v) is 8.51. The number of nitrogens with zero attached hydrogens (tertiary/aromatic N) is 4. The lowest BCUT2D eigenvalue weighted by atomic mass is 10.1. The molecule has 1 atom stereocenters. The number of para-hydroxylation sites is 4. The summed E-state index contributed by atoms with van der Waals surface area (Å²) in [5.74, 6) is 1.49. The third kappa shape index (κ3) is 4.89. The molecular formula is C28H28N4O3. The van der Waals surface area contributed by atoms with Gasteiger partial charge in [0, 0.05) is 31.7 Å². The standard InChI is InChI=1S/C28H28N4O3/c1-20(28(33)32-17-15-31(16-18-32)26-9-5-6-10-27(26)34-2)35-22-13-11-21(12-14-22)25-19-29-23-7-3-4-8-24(23)30-25/h3-14,19-20H,15-18H2,1-2H3/t20-/m0/s1. The van der Waals surface area contributed by atoms with Gasteiger partial charge >= 0.3 is 0 Å². The first-order chi connectivity index (χ1) is 17.1. The molecule has 0 N–H and O–H groups in total. The smallest absolute Gasteiger partial charge is 0.263 e. The van der Waals surface area contributed by atoms with Crippen LogP contribution in [0.25, 0.3) is 22.3 Å². The monoisotopic (exact) mass is 468 g/mol. The summed E-state index contributed by atoms with van der Waals surface area (Å²) in [5, 5.41) is 0. The number of benzene rings is 3. The Balaban J connectivity index is 1.19. The van der Waals surface area contributed by atoms with E-state index in [-0.39, 0.29) is 5.91 Å². The molecule has 178 valence electrons. The molecule has 35 heavy (non-hydrogen) atoms. The van der Waals surface area contributed by atoms with Crippen LogP contribution in [0.4, 0.5) is 5.69 Å². The van der Waals surface area contributed by atoms with Gasteiger partial charge in [0.15, 0.2) is 6.10 Å². The number of carbonyl (C=O) groups is 1. The van der Waals surface area contributed by atoms with Crippen molar-refractivity contribution in [3.8, 4) is 22.8 Å². The van der Waals surface area contributed by atoms with Crippen LogP contribution in [0, 0.1) is 0 Å². The Morgan fingerprint density at radius 1 is 0.886 bits per heavy atom. The highest BCUT2D eigenvalue weighted by Gasteiger charge is 2.27. The minimum absolute atomic E-state index is 0.00542. The molecule has 5 rings (SSSR count). The molecule has 0 spiro atoms. The van der Waals surface area contributed by atoms with Crippen LogP contribution < -0.4 is 14.4 Å². The first-order valence-electron chi connectivity index (χ1n) is 11.8. The summed E-state index contributed by atoms with van der Waals surface area (Å²) >= 11 is 0. The summed E-state index contributed by atoms with van der Waals surface area (Å²) in [6.07, 6.45) is 1.20. The van der Waals surface area contributed by atoms with Crippen molar-refractivity contribution in [2.45, 2.75) is 13.0 Å². The van der Waals surface area contributed by atoms with E-state index < -0.39 is 6.10 Å². The summed E-state index contributed by atoms with van der Waals surface area (Å²) in [7, 11) is 1.68. The Labute approximate surface area is 204 Å². The molecule has 1 aliphatic heterocycles. The van der Waals surface area contributed by atoms with Crippen LogP contribution in [0.1, 0.15) is 6.92 Å². The van der Waals surface area contributed by atoms with Gasteiger partial charge < -0.3 is 19.3 Å². The average molecular weight is 469 g/mol. The Kier molecular flexibility index (Phi) is 6.48.